The smallest absolute Gasteiger partial charge is 0.159 e. The zero-order chi connectivity index (χ0) is 87.6. The molecule has 0 amide bonds. The normalized spacial score (nSPS) is 11.8. The first kappa shape index (κ1) is 76.3. The second kappa shape index (κ2) is 31.5. The zero-order valence-corrected chi connectivity index (χ0v) is 71.9. The Labute approximate surface area is 764 Å². The van der Waals surface area contributed by atoms with Crippen LogP contribution in [0.4, 0.5) is 68.2 Å². The van der Waals surface area contributed by atoms with Gasteiger partial charge in [0.05, 0.1) is 17.1 Å². The first-order valence-electron chi connectivity index (χ1n) is 45.1. The van der Waals surface area contributed by atoms with E-state index < -0.39 is 0 Å². The molecule has 0 aliphatic heterocycles. The number of furan rings is 5. The van der Waals surface area contributed by atoms with E-state index in [9.17, 15) is 0 Å². The Bertz CT molecular complexity index is 9180. The van der Waals surface area contributed by atoms with E-state index in [1.165, 1.54) is 16.2 Å². The van der Waals surface area contributed by atoms with Gasteiger partial charge in [-0.25, -0.2) is 0 Å². The molecule has 0 aliphatic carbocycles. The van der Waals surface area contributed by atoms with Crippen LogP contribution in [0.25, 0.3) is 186 Å². The maximum absolute atomic E-state index is 7.06. The van der Waals surface area contributed by atoms with Crippen LogP contribution in [0.3, 0.4) is 0 Å². The summed E-state index contributed by atoms with van der Waals surface area (Å²) >= 11 is 0. The van der Waals surface area contributed by atoms with Crippen molar-refractivity contribution in [1.82, 2.24) is 0 Å². The van der Waals surface area contributed by atoms with E-state index in [4.69, 9.17) is 22.1 Å². The minimum absolute atomic E-state index is 0.831. The molecule has 22 aromatic carbocycles. The summed E-state index contributed by atoms with van der Waals surface area (Å²) in [5.74, 6) is 0. The minimum Gasteiger partial charge on any atom is -0.456 e. The van der Waals surface area contributed by atoms with Gasteiger partial charge in [-0.15, -0.1) is 0 Å². The van der Waals surface area contributed by atoms with E-state index in [-0.39, 0.29) is 0 Å². The molecule has 0 spiro atoms. The molecular weight excluding hydrogens is 1630 g/mol. The van der Waals surface area contributed by atoms with Crippen LogP contribution >= 0.6 is 0 Å². The minimum atomic E-state index is 0.831. The first-order valence-corrected chi connectivity index (χ1v) is 45.1. The summed E-state index contributed by atoms with van der Waals surface area (Å²) in [4.78, 5) is 9.22. The van der Waals surface area contributed by atoms with Crippen molar-refractivity contribution >= 4 is 221 Å². The monoisotopic (exact) mass is 1700 g/mol. The Morgan fingerprint density at radius 1 is 0.128 bits per heavy atom. The molecular formula is C124H78N4O5. The van der Waals surface area contributed by atoms with Gasteiger partial charge in [0.25, 0.3) is 0 Å². The van der Waals surface area contributed by atoms with Crippen LogP contribution in [-0.4, -0.2) is 0 Å². The van der Waals surface area contributed by atoms with Crippen molar-refractivity contribution in [2.24, 2.45) is 0 Å². The molecule has 0 saturated heterocycles. The largest absolute Gasteiger partial charge is 0.456 e. The van der Waals surface area contributed by atoms with Gasteiger partial charge in [0.1, 0.15) is 44.7 Å². The summed E-state index contributed by atoms with van der Waals surface area (Å²) in [6, 6.07) is 167. The van der Waals surface area contributed by atoms with E-state index in [1.807, 2.05) is 36.4 Å². The lowest BCUT2D eigenvalue weighted by Crippen LogP contribution is -2.11. The molecule has 0 aliphatic rings. The van der Waals surface area contributed by atoms with Crippen molar-refractivity contribution in [1.29, 1.82) is 0 Å². The molecule has 0 fully saturated rings. The van der Waals surface area contributed by atoms with Crippen LogP contribution in [-0.2, 0) is 0 Å². The van der Waals surface area contributed by atoms with Crippen molar-refractivity contribution < 1.29 is 22.1 Å². The second-order valence-corrected chi connectivity index (χ2v) is 34.0. The van der Waals surface area contributed by atoms with Gasteiger partial charge in [-0.2, -0.15) is 0 Å². The Kier molecular flexibility index (Phi) is 18.1. The summed E-state index contributed by atoms with van der Waals surface area (Å²) in [6.07, 6.45) is 0. The van der Waals surface area contributed by atoms with Crippen LogP contribution in [0.2, 0.25) is 0 Å². The Morgan fingerprint density at radius 3 is 0.985 bits per heavy atom. The van der Waals surface area contributed by atoms with Gasteiger partial charge < -0.3 is 41.7 Å². The molecule has 5 aromatic heterocycles. The molecule has 0 saturated carbocycles. The maximum atomic E-state index is 7.06. The van der Waals surface area contributed by atoms with Crippen LogP contribution < -0.4 is 19.6 Å². The number of fused-ring (bicyclic) bond motifs is 25. The summed E-state index contributed by atoms with van der Waals surface area (Å²) in [6.45, 7) is 0. The first-order chi connectivity index (χ1) is 66.0. The standard InChI is InChI=1S/C68H42N2O3.C56H36N2O2/c1-3-16-44(17-4-1)50-20-9-12-26-60(50)70(61-27-15-25-55-52-22-10-14-29-63(52)72-67(55)61)47-33-30-43(31-34-47)45-32-37-56-58(40-45)51-21-7-8-24-54(51)66-57-38-35-49(42-65(57)73-68(56)66)69(46-18-5-2-6-19-46)48-36-39-64-59(41-48)53-23-11-13-28-62(53)71-64;1-4-15-39(16-5-1)57(40-17-6-2-7-18-40)43-32-34-48-50(36-43)44-21-10-11-23-46(44)54-49-33-29-38(35-53(49)60-56(48)54)37-27-30-42(31-28-37)58(41-19-8-3-9-20-41)51-25-14-24-47-45-22-12-13-26-52(45)59-55(47)51/h1-42H;1-36H. The van der Waals surface area contributed by atoms with Crippen LogP contribution in [0, 0.1) is 0 Å². The summed E-state index contributed by atoms with van der Waals surface area (Å²) in [5, 5.41) is 20.2. The number of nitrogens with zero attached hydrogens (tertiary/aromatic N) is 4. The predicted molar refractivity (Wildman–Crippen MR) is 554 cm³/mol. The van der Waals surface area contributed by atoms with Crippen molar-refractivity contribution in [3.8, 4) is 33.4 Å². The molecule has 27 aromatic rings. The molecule has 27 rings (SSSR count). The second-order valence-electron chi connectivity index (χ2n) is 34.0. The number of anilines is 12. The van der Waals surface area contributed by atoms with Crippen LogP contribution in [0.1, 0.15) is 0 Å². The Balaban J connectivity index is 0.000000142. The van der Waals surface area contributed by atoms with Gasteiger partial charge >= 0.3 is 0 Å². The lowest BCUT2D eigenvalue weighted by molar-refractivity contribution is 0.668. The van der Waals surface area contributed by atoms with Gasteiger partial charge in [0, 0.05) is 127 Å². The highest BCUT2D eigenvalue weighted by Crippen LogP contribution is 2.52. The van der Waals surface area contributed by atoms with Crippen molar-refractivity contribution in [2.75, 3.05) is 19.6 Å². The van der Waals surface area contributed by atoms with E-state index >= 15 is 0 Å². The number of benzene rings is 22. The third-order valence-electron chi connectivity index (χ3n) is 26.4. The average Bonchev–Trinajstić information content (AvgIpc) is 1.57. The van der Waals surface area contributed by atoms with E-state index in [1.54, 1.807) is 0 Å². The van der Waals surface area contributed by atoms with E-state index in [2.05, 4.69) is 456 Å². The van der Waals surface area contributed by atoms with Gasteiger partial charge in [0.15, 0.2) is 11.2 Å². The van der Waals surface area contributed by atoms with Crippen LogP contribution in [0.15, 0.2) is 495 Å². The van der Waals surface area contributed by atoms with E-state index in [0.717, 1.165) is 238 Å². The van der Waals surface area contributed by atoms with E-state index in [0.29, 0.717) is 0 Å². The molecule has 0 unspecified atom stereocenters. The molecule has 9 nitrogen and oxygen atoms in total. The molecule has 9 heteroatoms. The Hall–Kier alpha value is -17.9. The van der Waals surface area contributed by atoms with Crippen molar-refractivity contribution in [2.45, 2.75) is 0 Å². The average molecular weight is 1700 g/mol. The van der Waals surface area contributed by atoms with Gasteiger partial charge in [-0.1, -0.05) is 285 Å². The fraction of sp³-hybridized carbons (Fsp3) is 0. The summed E-state index contributed by atoms with van der Waals surface area (Å²) in [7, 11) is 0. The summed E-state index contributed by atoms with van der Waals surface area (Å²) < 4.78 is 33.4. The third-order valence-corrected chi connectivity index (χ3v) is 26.4. The highest BCUT2D eigenvalue weighted by Gasteiger charge is 2.28. The fourth-order valence-corrected chi connectivity index (χ4v) is 20.4. The molecule has 0 atom stereocenters. The molecule has 5 heterocycles. The number of para-hydroxylation sites is 10. The molecule has 0 N–H and O–H groups in total. The van der Waals surface area contributed by atoms with Crippen LogP contribution in [0.5, 0.6) is 0 Å². The topological polar surface area (TPSA) is 78.7 Å². The van der Waals surface area contributed by atoms with Crippen molar-refractivity contribution in [3.63, 3.8) is 0 Å². The molecule has 133 heavy (non-hydrogen) atoms. The number of hydrogen-bond donors (Lipinski definition) is 0. The highest BCUT2D eigenvalue weighted by molar-refractivity contribution is 6.32. The Morgan fingerprint density at radius 2 is 0.444 bits per heavy atom. The third kappa shape index (κ3) is 12.9. The SMILES string of the molecule is c1ccc(-c2ccccc2N(c2ccc(-c3ccc4c(c3)c3ccccc3c3c5ccc(N(c6ccccc6)c6ccc7oc8ccccc8c7c6)cc5oc43)cc2)c2cccc3c2oc2ccccc23)cc1.c1ccc(N(c2ccccc2)c2ccc3c(c2)c2ccccc2c2c4ccc(-c5ccc(N(c6ccccc6)c6cccc7c6oc6ccccc67)cc5)cc4oc32)cc1. The predicted octanol–water partition coefficient (Wildman–Crippen LogP) is 36.4. The molecule has 0 bridgehead atoms. The van der Waals surface area contributed by atoms with Gasteiger partial charge in [0.2, 0.25) is 0 Å². The zero-order valence-electron chi connectivity index (χ0n) is 71.9. The highest BCUT2D eigenvalue weighted by atomic mass is 16.3. The van der Waals surface area contributed by atoms with Gasteiger partial charge in [-0.3, -0.25) is 0 Å². The fourth-order valence-electron chi connectivity index (χ4n) is 20.4. The molecule has 0 radical (unpaired) electrons. The lowest BCUT2D eigenvalue weighted by Gasteiger charge is -2.28. The summed E-state index contributed by atoms with van der Waals surface area (Å²) in [5.41, 5.74) is 27.9. The van der Waals surface area contributed by atoms with Gasteiger partial charge in [-0.05, 0) is 242 Å². The lowest BCUT2D eigenvalue weighted by atomic mass is 9.94. The molecule has 624 valence electrons. The maximum Gasteiger partial charge on any atom is 0.159 e. The number of hydrogen-bond acceptors (Lipinski definition) is 9. The van der Waals surface area contributed by atoms with Crippen molar-refractivity contribution in [3.05, 3.63) is 473 Å². The quantitative estimate of drug-likeness (QED) is 0.0933. The number of rotatable bonds is 15.